The first-order valence-electron chi connectivity index (χ1n) is 9.62. The van der Waals surface area contributed by atoms with E-state index in [0.717, 1.165) is 36.0 Å². The van der Waals surface area contributed by atoms with Crippen molar-refractivity contribution in [3.05, 3.63) is 36.5 Å². The predicted molar refractivity (Wildman–Crippen MR) is 105 cm³/mol. The highest BCUT2D eigenvalue weighted by atomic mass is 19.1. The molecular formula is C20H23FN6O. The van der Waals surface area contributed by atoms with E-state index in [9.17, 15) is 9.18 Å². The molecule has 8 heteroatoms. The minimum atomic E-state index is -0.487. The van der Waals surface area contributed by atoms with Gasteiger partial charge in [0.1, 0.15) is 5.65 Å². The third-order valence-corrected chi connectivity index (χ3v) is 5.17. The number of piperidine rings is 1. The minimum absolute atomic E-state index is 0.174. The van der Waals surface area contributed by atoms with E-state index in [1.54, 1.807) is 12.4 Å². The zero-order valence-electron chi connectivity index (χ0n) is 15.8. The van der Waals surface area contributed by atoms with E-state index in [-0.39, 0.29) is 17.6 Å². The highest BCUT2D eigenvalue weighted by molar-refractivity contribution is 5.91. The summed E-state index contributed by atoms with van der Waals surface area (Å²) < 4.78 is 14.3. The summed E-state index contributed by atoms with van der Waals surface area (Å²) in [5, 5.41) is 4.01. The van der Waals surface area contributed by atoms with Gasteiger partial charge in [0.25, 0.3) is 0 Å². The lowest BCUT2D eigenvalue weighted by atomic mass is 9.97. The molecule has 3 aromatic heterocycles. The second kappa shape index (κ2) is 7.92. The van der Waals surface area contributed by atoms with E-state index in [0.29, 0.717) is 25.3 Å². The Kier molecular flexibility index (Phi) is 5.18. The molecule has 7 nitrogen and oxygen atoms in total. The highest BCUT2D eigenvalue weighted by Crippen LogP contribution is 2.26. The molecule has 1 fully saturated rings. The van der Waals surface area contributed by atoms with E-state index in [4.69, 9.17) is 0 Å². The second-order valence-electron chi connectivity index (χ2n) is 7.07. The summed E-state index contributed by atoms with van der Waals surface area (Å²) >= 11 is 0. The van der Waals surface area contributed by atoms with Crippen LogP contribution in [0.25, 0.3) is 22.4 Å². The molecule has 2 N–H and O–H groups in total. The summed E-state index contributed by atoms with van der Waals surface area (Å²) in [6.07, 6.45) is 7.17. The van der Waals surface area contributed by atoms with E-state index >= 15 is 0 Å². The van der Waals surface area contributed by atoms with E-state index < -0.39 is 5.82 Å². The summed E-state index contributed by atoms with van der Waals surface area (Å²) in [5.41, 5.74) is 1.52. The Bertz CT molecular complexity index is 988. The standard InChI is InChI=1S/C20H23FN6O/c1-2-17(28)27-8-4-5-13(12-27)9-23-20-16(21)11-25-19(26-20)15-10-24-18-14(15)6-3-7-22-18/h3,6-7,10-11,13H,2,4-5,8-9,12H2,1H3,(H,22,24)(H,23,25,26)/t13-/m1/s1. The van der Waals surface area contributed by atoms with Crippen molar-refractivity contribution in [1.82, 2.24) is 24.8 Å². The van der Waals surface area contributed by atoms with E-state index in [2.05, 4.69) is 25.3 Å². The van der Waals surface area contributed by atoms with Gasteiger partial charge in [0.2, 0.25) is 5.91 Å². The normalized spacial score (nSPS) is 17.1. The number of aromatic amines is 1. The van der Waals surface area contributed by atoms with Crippen molar-refractivity contribution < 1.29 is 9.18 Å². The summed E-state index contributed by atoms with van der Waals surface area (Å²) in [7, 11) is 0. The Hall–Kier alpha value is -3.03. The summed E-state index contributed by atoms with van der Waals surface area (Å²) in [5.74, 6) is 0.586. The monoisotopic (exact) mass is 382 g/mol. The maximum Gasteiger partial charge on any atom is 0.222 e. The summed E-state index contributed by atoms with van der Waals surface area (Å²) in [6.45, 7) is 3.95. The number of amides is 1. The summed E-state index contributed by atoms with van der Waals surface area (Å²) in [4.78, 5) is 29.7. The first-order valence-corrected chi connectivity index (χ1v) is 9.62. The Morgan fingerprint density at radius 3 is 3.18 bits per heavy atom. The maximum absolute atomic E-state index is 14.3. The van der Waals surface area contributed by atoms with Crippen molar-refractivity contribution in [1.29, 1.82) is 0 Å². The quantitative estimate of drug-likeness (QED) is 0.708. The third-order valence-electron chi connectivity index (χ3n) is 5.17. The molecule has 0 aliphatic carbocycles. The van der Waals surface area contributed by atoms with Gasteiger partial charge in [-0.2, -0.15) is 0 Å². The predicted octanol–water partition coefficient (Wildman–Crippen LogP) is 3.22. The van der Waals surface area contributed by atoms with E-state index in [1.165, 1.54) is 6.20 Å². The van der Waals surface area contributed by atoms with Gasteiger partial charge in [-0.1, -0.05) is 6.92 Å². The number of nitrogens with one attached hydrogen (secondary N) is 2. The molecule has 0 bridgehead atoms. The lowest BCUT2D eigenvalue weighted by molar-refractivity contribution is -0.132. The largest absolute Gasteiger partial charge is 0.367 e. The molecule has 28 heavy (non-hydrogen) atoms. The number of H-pyrrole nitrogens is 1. The topological polar surface area (TPSA) is 86.8 Å². The molecule has 1 aliphatic rings. The van der Waals surface area contributed by atoms with Crippen molar-refractivity contribution in [3.63, 3.8) is 0 Å². The molecule has 0 aromatic carbocycles. The van der Waals surface area contributed by atoms with Crippen LogP contribution in [-0.4, -0.2) is 50.4 Å². The Balaban J connectivity index is 1.50. The highest BCUT2D eigenvalue weighted by Gasteiger charge is 2.23. The van der Waals surface area contributed by atoms with Crippen molar-refractivity contribution in [2.45, 2.75) is 26.2 Å². The fourth-order valence-corrected chi connectivity index (χ4v) is 3.68. The number of anilines is 1. The number of hydrogen-bond donors (Lipinski definition) is 2. The van der Waals surface area contributed by atoms with Gasteiger partial charge in [0, 0.05) is 49.4 Å². The third kappa shape index (κ3) is 3.67. The van der Waals surface area contributed by atoms with Crippen molar-refractivity contribution in [2.24, 2.45) is 5.92 Å². The number of pyridine rings is 1. The van der Waals surface area contributed by atoms with Gasteiger partial charge in [-0.15, -0.1) is 0 Å². The number of rotatable bonds is 5. The van der Waals surface area contributed by atoms with Crippen LogP contribution in [0.1, 0.15) is 26.2 Å². The van der Waals surface area contributed by atoms with Crippen LogP contribution in [0.15, 0.2) is 30.7 Å². The molecule has 0 unspecified atom stereocenters. The van der Waals surface area contributed by atoms with Crippen LogP contribution >= 0.6 is 0 Å². The van der Waals surface area contributed by atoms with Crippen LogP contribution in [0, 0.1) is 11.7 Å². The molecular weight excluding hydrogens is 359 g/mol. The smallest absolute Gasteiger partial charge is 0.222 e. The van der Waals surface area contributed by atoms with Crippen LogP contribution in [0.5, 0.6) is 0 Å². The molecule has 0 spiro atoms. The fourth-order valence-electron chi connectivity index (χ4n) is 3.68. The van der Waals surface area contributed by atoms with Crippen LogP contribution < -0.4 is 5.32 Å². The van der Waals surface area contributed by atoms with Gasteiger partial charge in [-0.3, -0.25) is 4.79 Å². The first-order chi connectivity index (χ1) is 13.7. The SMILES string of the molecule is CCC(=O)N1CCC[C@H](CNc2nc(-c3c[nH]c4ncccc34)ncc2F)C1. The van der Waals surface area contributed by atoms with Crippen molar-refractivity contribution in [2.75, 3.05) is 25.0 Å². The average Bonchev–Trinajstić information content (AvgIpc) is 3.17. The van der Waals surface area contributed by atoms with Crippen LogP contribution in [0.2, 0.25) is 0 Å². The number of aromatic nitrogens is 4. The molecule has 3 aromatic rings. The molecule has 0 saturated carbocycles. The van der Waals surface area contributed by atoms with Crippen LogP contribution in [0.3, 0.4) is 0 Å². The van der Waals surface area contributed by atoms with E-state index in [1.807, 2.05) is 24.0 Å². The Morgan fingerprint density at radius 2 is 2.32 bits per heavy atom. The summed E-state index contributed by atoms with van der Waals surface area (Å²) in [6, 6.07) is 3.77. The number of carbonyl (C=O) groups is 1. The van der Waals surface area contributed by atoms with Gasteiger partial charge in [-0.05, 0) is 30.9 Å². The van der Waals surface area contributed by atoms with Crippen LogP contribution in [0.4, 0.5) is 10.2 Å². The maximum atomic E-state index is 14.3. The molecule has 1 amide bonds. The molecule has 1 aliphatic heterocycles. The Morgan fingerprint density at radius 1 is 1.43 bits per heavy atom. The lowest BCUT2D eigenvalue weighted by Gasteiger charge is -2.32. The molecule has 4 heterocycles. The van der Waals surface area contributed by atoms with Crippen LogP contribution in [-0.2, 0) is 4.79 Å². The number of likely N-dealkylation sites (tertiary alicyclic amines) is 1. The van der Waals surface area contributed by atoms with Crippen molar-refractivity contribution >= 4 is 22.8 Å². The molecule has 0 radical (unpaired) electrons. The van der Waals surface area contributed by atoms with Gasteiger partial charge in [0.05, 0.1) is 6.20 Å². The van der Waals surface area contributed by atoms with Crippen molar-refractivity contribution in [3.8, 4) is 11.4 Å². The molecule has 146 valence electrons. The average molecular weight is 382 g/mol. The minimum Gasteiger partial charge on any atom is -0.367 e. The number of carbonyl (C=O) groups excluding carboxylic acids is 1. The molecule has 1 atom stereocenters. The Labute approximate surface area is 162 Å². The second-order valence-corrected chi connectivity index (χ2v) is 7.07. The molecule has 4 rings (SSSR count). The number of hydrogen-bond acceptors (Lipinski definition) is 5. The van der Waals surface area contributed by atoms with Gasteiger partial charge >= 0.3 is 0 Å². The number of fused-ring (bicyclic) bond motifs is 1. The van der Waals surface area contributed by atoms with Gasteiger partial charge in [0.15, 0.2) is 17.5 Å². The lowest BCUT2D eigenvalue weighted by Crippen LogP contribution is -2.41. The number of nitrogens with zero attached hydrogens (tertiary/aromatic N) is 4. The zero-order chi connectivity index (χ0) is 19.5. The number of halogens is 1. The van der Waals surface area contributed by atoms with Gasteiger partial charge < -0.3 is 15.2 Å². The first kappa shape index (κ1) is 18.3. The fraction of sp³-hybridized carbons (Fsp3) is 0.400. The molecule has 1 saturated heterocycles. The zero-order valence-corrected chi connectivity index (χ0v) is 15.8. The van der Waals surface area contributed by atoms with Gasteiger partial charge in [-0.25, -0.2) is 19.3 Å².